The number of thioether (sulfide) groups is 1. The number of piperazine rings is 1. The van der Waals surface area contributed by atoms with Gasteiger partial charge < -0.3 is 19.7 Å². The van der Waals surface area contributed by atoms with Gasteiger partial charge in [-0.2, -0.15) is 0 Å². The van der Waals surface area contributed by atoms with Gasteiger partial charge >= 0.3 is 0 Å². The lowest BCUT2D eigenvalue weighted by Crippen LogP contribution is -2.53. The van der Waals surface area contributed by atoms with Gasteiger partial charge in [0.25, 0.3) is 5.91 Å². The van der Waals surface area contributed by atoms with E-state index in [2.05, 4.69) is 76.1 Å². The van der Waals surface area contributed by atoms with E-state index in [-0.39, 0.29) is 35.3 Å². The number of carbonyl (C=O) groups excluding carboxylic acids is 4. The summed E-state index contributed by atoms with van der Waals surface area (Å²) in [5.74, 6) is 0.428. The lowest BCUT2D eigenvalue weighted by atomic mass is 9.70. The maximum absolute atomic E-state index is 14.1. The molecule has 3 amide bonds. The zero-order chi connectivity index (χ0) is 40.8. The minimum Gasteiger partial charge on any atom is -0.371 e. The Balaban J connectivity index is 0.707. The highest BCUT2D eigenvalue weighted by molar-refractivity contribution is 7.99. The molecule has 59 heavy (non-hydrogen) atoms. The van der Waals surface area contributed by atoms with Gasteiger partial charge in [0.15, 0.2) is 5.78 Å². The van der Waals surface area contributed by atoms with Crippen LogP contribution < -0.4 is 10.2 Å². The number of piperidine rings is 2. The predicted molar refractivity (Wildman–Crippen MR) is 235 cm³/mol. The number of carbonyl (C=O) groups is 4. The van der Waals surface area contributed by atoms with E-state index in [0.717, 1.165) is 102 Å². The normalized spacial score (nSPS) is 21.2. The number of fused-ring (bicyclic) bond motifs is 5. The van der Waals surface area contributed by atoms with Crippen LogP contribution in [-0.2, 0) is 28.0 Å². The topological polar surface area (TPSA) is 109 Å². The Bertz CT molecular complexity index is 2280. The predicted octanol–water partition coefficient (Wildman–Crippen LogP) is 7.30. The van der Waals surface area contributed by atoms with Crippen LogP contribution in [-0.4, -0.2) is 107 Å². The van der Waals surface area contributed by atoms with Crippen molar-refractivity contribution in [1.82, 2.24) is 25.0 Å². The Kier molecular flexibility index (Phi) is 11.2. The second-order valence-electron chi connectivity index (χ2n) is 17.8. The van der Waals surface area contributed by atoms with Gasteiger partial charge in [-0.15, -0.1) is 11.8 Å². The molecule has 5 heterocycles. The molecule has 0 spiro atoms. The molecule has 2 N–H and O–H groups in total. The number of unbranched alkanes of at least 4 members (excludes halogenated alkanes) is 3. The molecule has 4 aliphatic heterocycles. The number of amides is 3. The second kappa shape index (κ2) is 16.5. The van der Waals surface area contributed by atoms with Crippen molar-refractivity contribution in [1.29, 1.82) is 0 Å². The number of hydrogen-bond donors (Lipinski definition) is 2. The molecule has 3 saturated heterocycles. The SMILES string of the molecule is CCc1cc2c(cc1N1CCC(N3CCN(CCCCCCSc4cccc5c4CN(C4CCC(=O)NC4=O)C5=O)CC3)CC1)C(C)(C)c1[nH]c3ccccc3c1C2=O. The molecule has 5 aliphatic rings. The quantitative estimate of drug-likeness (QED) is 0.0872. The molecular formula is C48H58N6O4S. The molecule has 4 aromatic rings. The Morgan fingerprint density at radius 1 is 0.831 bits per heavy atom. The number of imide groups is 1. The first-order valence-electron chi connectivity index (χ1n) is 22.1. The molecule has 9 rings (SSSR count). The van der Waals surface area contributed by atoms with Gasteiger partial charge in [0.2, 0.25) is 11.8 Å². The number of hydrogen-bond acceptors (Lipinski definition) is 8. The Morgan fingerprint density at radius 3 is 2.39 bits per heavy atom. The lowest BCUT2D eigenvalue weighted by Gasteiger charge is -2.44. The van der Waals surface area contributed by atoms with Gasteiger partial charge in [-0.3, -0.25) is 29.4 Å². The standard InChI is InChI=1S/C48H58N6O4S/c1-4-31-28-35-37(48(2,3)45-43(44(35)56)34-12-7-8-14-38(34)49-45)29-40(31)53-21-18-32(19-22-53)52-25-23-51(24-26-52)20-9-5-6-10-27-59-41-15-11-13-33-36(41)30-54(47(33)58)39-16-17-42(55)50-46(39)57/h7-8,11-15,28-29,32,39,49H,4-6,9-10,16-27,30H2,1-3H3,(H,50,55,57). The molecule has 1 aliphatic carbocycles. The number of aromatic nitrogens is 1. The number of nitrogens with one attached hydrogen (secondary N) is 2. The number of ketones is 1. The highest BCUT2D eigenvalue weighted by Crippen LogP contribution is 2.46. The van der Waals surface area contributed by atoms with Gasteiger partial charge in [-0.25, -0.2) is 0 Å². The zero-order valence-electron chi connectivity index (χ0n) is 34.9. The summed E-state index contributed by atoms with van der Waals surface area (Å²) >= 11 is 1.82. The summed E-state index contributed by atoms with van der Waals surface area (Å²) < 4.78 is 0. The average Bonchev–Trinajstić information content (AvgIpc) is 3.81. The molecule has 1 aromatic heterocycles. The van der Waals surface area contributed by atoms with Crippen LogP contribution in [0.1, 0.15) is 121 Å². The minimum atomic E-state index is -0.576. The van der Waals surface area contributed by atoms with Crippen molar-refractivity contribution < 1.29 is 19.2 Å². The number of anilines is 1. The monoisotopic (exact) mass is 814 g/mol. The third-order valence-electron chi connectivity index (χ3n) is 14.0. The van der Waals surface area contributed by atoms with E-state index >= 15 is 0 Å². The molecule has 10 nitrogen and oxygen atoms in total. The number of nitrogens with zero attached hydrogens (tertiary/aromatic N) is 4. The minimum absolute atomic E-state index is 0.106. The molecule has 310 valence electrons. The Morgan fingerprint density at radius 2 is 1.61 bits per heavy atom. The number of rotatable bonds is 12. The van der Waals surface area contributed by atoms with Gasteiger partial charge in [-0.1, -0.05) is 57.9 Å². The van der Waals surface area contributed by atoms with E-state index < -0.39 is 6.04 Å². The summed E-state index contributed by atoms with van der Waals surface area (Å²) in [6.45, 7) is 15.0. The van der Waals surface area contributed by atoms with Crippen LogP contribution in [0.15, 0.2) is 59.5 Å². The maximum atomic E-state index is 14.1. The third kappa shape index (κ3) is 7.52. The summed E-state index contributed by atoms with van der Waals surface area (Å²) in [6.07, 6.45) is 8.70. The van der Waals surface area contributed by atoms with Crippen LogP contribution in [0.3, 0.4) is 0 Å². The number of aryl methyl sites for hydroxylation is 1. The molecule has 3 fully saturated rings. The summed E-state index contributed by atoms with van der Waals surface area (Å²) in [6, 6.07) is 18.7. The molecule has 0 radical (unpaired) electrons. The van der Waals surface area contributed by atoms with Crippen molar-refractivity contribution in [3.05, 3.63) is 93.7 Å². The highest BCUT2D eigenvalue weighted by Gasteiger charge is 2.42. The van der Waals surface area contributed by atoms with Crippen molar-refractivity contribution in [3.8, 4) is 0 Å². The van der Waals surface area contributed by atoms with Gasteiger partial charge in [0, 0.05) is 102 Å². The fraction of sp³-hybridized carbons (Fsp3) is 0.500. The van der Waals surface area contributed by atoms with Crippen LogP contribution in [0.25, 0.3) is 10.9 Å². The molecule has 1 atom stereocenters. The van der Waals surface area contributed by atoms with Crippen molar-refractivity contribution in [2.75, 3.05) is 56.5 Å². The first kappa shape index (κ1) is 40.0. The molecular weight excluding hydrogens is 757 g/mol. The Hall–Kier alpha value is -4.45. The summed E-state index contributed by atoms with van der Waals surface area (Å²) in [5, 5.41) is 3.42. The van der Waals surface area contributed by atoms with Gasteiger partial charge in [0.1, 0.15) is 6.04 Å². The molecule has 3 aromatic carbocycles. The van der Waals surface area contributed by atoms with Crippen molar-refractivity contribution in [2.24, 2.45) is 0 Å². The van der Waals surface area contributed by atoms with Crippen molar-refractivity contribution in [2.45, 2.75) is 107 Å². The van der Waals surface area contributed by atoms with Gasteiger partial charge in [-0.05, 0) is 97.8 Å². The fourth-order valence-electron chi connectivity index (χ4n) is 10.5. The number of H-pyrrole nitrogens is 1. The van der Waals surface area contributed by atoms with E-state index in [1.54, 1.807) is 4.90 Å². The smallest absolute Gasteiger partial charge is 0.255 e. The van der Waals surface area contributed by atoms with Crippen molar-refractivity contribution in [3.63, 3.8) is 0 Å². The average molecular weight is 815 g/mol. The third-order valence-corrected chi connectivity index (χ3v) is 15.2. The van der Waals surface area contributed by atoms with E-state index in [1.165, 1.54) is 49.9 Å². The summed E-state index contributed by atoms with van der Waals surface area (Å²) in [5.41, 5.74) is 8.92. The summed E-state index contributed by atoms with van der Waals surface area (Å²) in [7, 11) is 0. The molecule has 11 heteroatoms. The van der Waals surface area contributed by atoms with Crippen LogP contribution in [0, 0.1) is 0 Å². The maximum Gasteiger partial charge on any atom is 0.255 e. The van der Waals surface area contributed by atoms with Gasteiger partial charge in [0.05, 0.1) is 5.56 Å². The van der Waals surface area contributed by atoms with Crippen LogP contribution >= 0.6 is 11.8 Å². The fourth-order valence-corrected chi connectivity index (χ4v) is 11.6. The highest BCUT2D eigenvalue weighted by atomic mass is 32.2. The van der Waals surface area contributed by atoms with E-state index in [1.807, 2.05) is 36.0 Å². The van der Waals surface area contributed by atoms with Crippen LogP contribution in [0.4, 0.5) is 5.69 Å². The van der Waals surface area contributed by atoms with Crippen LogP contribution in [0.2, 0.25) is 0 Å². The second-order valence-corrected chi connectivity index (χ2v) is 18.9. The number of para-hydroxylation sites is 1. The zero-order valence-corrected chi connectivity index (χ0v) is 35.7. The lowest BCUT2D eigenvalue weighted by molar-refractivity contribution is -0.136. The van der Waals surface area contributed by atoms with Crippen molar-refractivity contribution >= 4 is 51.9 Å². The summed E-state index contributed by atoms with van der Waals surface area (Å²) in [4.78, 5) is 65.7. The molecule has 0 bridgehead atoms. The number of benzene rings is 3. The van der Waals surface area contributed by atoms with Crippen LogP contribution in [0.5, 0.6) is 0 Å². The number of aromatic amines is 1. The molecule has 1 unspecified atom stereocenters. The Labute approximate surface area is 352 Å². The largest absolute Gasteiger partial charge is 0.371 e. The van der Waals surface area contributed by atoms with E-state index in [0.29, 0.717) is 24.6 Å². The van der Waals surface area contributed by atoms with E-state index in [9.17, 15) is 19.2 Å². The van der Waals surface area contributed by atoms with E-state index in [4.69, 9.17) is 0 Å². The first-order chi connectivity index (χ1) is 28.6. The molecule has 0 saturated carbocycles. The first-order valence-corrected chi connectivity index (χ1v) is 23.0.